The van der Waals surface area contributed by atoms with Crippen LogP contribution in [0.2, 0.25) is 0 Å². The van der Waals surface area contributed by atoms with Gasteiger partial charge in [-0.15, -0.1) is 0 Å². The molecule has 0 saturated heterocycles. The number of hydrogen-bond acceptors (Lipinski definition) is 3. The second-order valence-corrected chi connectivity index (χ2v) is 5.13. The fraction of sp³-hybridized carbons (Fsp3) is 0. The van der Waals surface area contributed by atoms with Gasteiger partial charge in [0.2, 0.25) is 0 Å². The van der Waals surface area contributed by atoms with Crippen molar-refractivity contribution in [3.63, 3.8) is 0 Å². The predicted octanol–water partition coefficient (Wildman–Crippen LogP) is 2.50. The van der Waals surface area contributed by atoms with Gasteiger partial charge in [0, 0.05) is 0 Å². The molecule has 2 N–H and O–H groups in total. The summed E-state index contributed by atoms with van der Waals surface area (Å²) in [4.78, 5) is 7.00. The number of aromatic amines is 1. The molecule has 0 saturated carbocycles. The average Bonchev–Trinajstić information content (AvgIpc) is 2.88. The molecule has 0 fully saturated rings. The molecule has 0 amide bonds. The standard InChI is InChI=1S/C7H6N2.C6H6O3S/c1-2-4-7-6(3-1)8-5-9-7;7-10(8,9)6-4-2-1-3-5-6/h1-5H,(H,8,9);1-5H,(H,7,8,9). The van der Waals surface area contributed by atoms with Gasteiger partial charge in [0.15, 0.2) is 0 Å². The quantitative estimate of drug-likeness (QED) is 0.669. The number of rotatable bonds is 1. The Bertz CT molecular complexity index is 721. The Kier molecular flexibility index (Phi) is 3.94. The molecule has 1 aromatic heterocycles. The highest BCUT2D eigenvalue weighted by Gasteiger charge is 2.05. The zero-order chi connectivity index (χ0) is 13.7. The molecule has 0 radical (unpaired) electrons. The first-order valence-corrected chi connectivity index (χ1v) is 6.92. The molecule has 0 atom stereocenters. The van der Waals surface area contributed by atoms with E-state index in [0.717, 1.165) is 11.0 Å². The van der Waals surface area contributed by atoms with Crippen LogP contribution in [0, 0.1) is 0 Å². The Balaban J connectivity index is 0.000000141. The van der Waals surface area contributed by atoms with Crippen LogP contribution in [0.5, 0.6) is 0 Å². The fourth-order valence-electron chi connectivity index (χ4n) is 1.47. The topological polar surface area (TPSA) is 83.0 Å². The zero-order valence-corrected chi connectivity index (χ0v) is 10.7. The number of para-hydroxylation sites is 2. The molecule has 19 heavy (non-hydrogen) atoms. The van der Waals surface area contributed by atoms with Gasteiger partial charge in [0.25, 0.3) is 10.1 Å². The van der Waals surface area contributed by atoms with Gasteiger partial charge in [0.05, 0.1) is 22.3 Å². The third-order valence-corrected chi connectivity index (χ3v) is 3.24. The van der Waals surface area contributed by atoms with Crippen molar-refractivity contribution in [2.45, 2.75) is 4.90 Å². The van der Waals surface area contributed by atoms with Crippen LogP contribution in [0.4, 0.5) is 0 Å². The van der Waals surface area contributed by atoms with E-state index in [1.165, 1.54) is 12.1 Å². The Labute approximate surface area is 110 Å². The first kappa shape index (κ1) is 13.3. The van der Waals surface area contributed by atoms with Gasteiger partial charge in [-0.25, -0.2) is 4.98 Å². The van der Waals surface area contributed by atoms with Crippen LogP contribution in [-0.2, 0) is 10.1 Å². The minimum atomic E-state index is -4.00. The summed E-state index contributed by atoms with van der Waals surface area (Å²) in [5.74, 6) is 0. The lowest BCUT2D eigenvalue weighted by molar-refractivity contribution is 0.483. The number of hydrogen-bond donors (Lipinski definition) is 2. The first-order chi connectivity index (χ1) is 9.07. The van der Waals surface area contributed by atoms with Crippen molar-refractivity contribution in [2.24, 2.45) is 0 Å². The Morgan fingerprint density at radius 3 is 2.16 bits per heavy atom. The van der Waals surface area contributed by atoms with Crippen LogP contribution < -0.4 is 0 Å². The second-order valence-electron chi connectivity index (χ2n) is 3.71. The lowest BCUT2D eigenvalue weighted by atomic mass is 10.3. The SMILES string of the molecule is O=S(=O)(O)c1ccccc1.c1ccc2[nH]cnc2c1. The average molecular weight is 276 g/mol. The number of aromatic nitrogens is 2. The number of benzene rings is 2. The third kappa shape index (κ3) is 3.64. The molecule has 6 heteroatoms. The maximum atomic E-state index is 10.4. The van der Waals surface area contributed by atoms with E-state index in [9.17, 15) is 8.42 Å². The molecule has 3 rings (SSSR count). The summed E-state index contributed by atoms with van der Waals surface area (Å²) in [7, 11) is -4.00. The predicted molar refractivity (Wildman–Crippen MR) is 72.4 cm³/mol. The van der Waals surface area contributed by atoms with Crippen molar-refractivity contribution >= 4 is 21.2 Å². The smallest absolute Gasteiger partial charge is 0.294 e. The highest BCUT2D eigenvalue weighted by Crippen LogP contribution is 2.06. The molecule has 0 spiro atoms. The molecule has 0 aliphatic carbocycles. The molecular weight excluding hydrogens is 264 g/mol. The summed E-state index contributed by atoms with van der Waals surface area (Å²) in [5.41, 5.74) is 2.12. The largest absolute Gasteiger partial charge is 0.345 e. The maximum absolute atomic E-state index is 10.4. The van der Waals surface area contributed by atoms with Crippen molar-refractivity contribution < 1.29 is 13.0 Å². The number of nitrogens with zero attached hydrogens (tertiary/aromatic N) is 1. The van der Waals surface area contributed by atoms with Crippen molar-refractivity contribution in [2.75, 3.05) is 0 Å². The Morgan fingerprint density at radius 2 is 1.58 bits per heavy atom. The van der Waals surface area contributed by atoms with E-state index in [0.29, 0.717) is 0 Å². The number of H-pyrrole nitrogens is 1. The zero-order valence-electron chi connectivity index (χ0n) is 9.89. The van der Waals surface area contributed by atoms with Crippen LogP contribution in [0.15, 0.2) is 65.8 Å². The third-order valence-electron chi connectivity index (χ3n) is 2.37. The van der Waals surface area contributed by atoms with Crippen molar-refractivity contribution in [3.05, 3.63) is 60.9 Å². The van der Waals surface area contributed by atoms with Crippen LogP contribution in [0.3, 0.4) is 0 Å². The van der Waals surface area contributed by atoms with Gasteiger partial charge < -0.3 is 4.98 Å². The molecule has 0 aliphatic rings. The summed E-state index contributed by atoms with van der Waals surface area (Å²) in [6, 6.07) is 15.4. The van der Waals surface area contributed by atoms with Gasteiger partial charge >= 0.3 is 0 Å². The molecule has 5 nitrogen and oxygen atoms in total. The number of fused-ring (bicyclic) bond motifs is 1. The molecule has 1 heterocycles. The molecule has 0 aliphatic heterocycles. The van der Waals surface area contributed by atoms with E-state index < -0.39 is 10.1 Å². The van der Waals surface area contributed by atoms with Gasteiger partial charge in [-0.3, -0.25) is 4.55 Å². The molecule has 0 bridgehead atoms. The summed E-state index contributed by atoms with van der Waals surface area (Å²) >= 11 is 0. The van der Waals surface area contributed by atoms with Crippen LogP contribution in [0.1, 0.15) is 0 Å². The molecule has 0 unspecified atom stereocenters. The van der Waals surface area contributed by atoms with Crippen molar-refractivity contribution in [1.29, 1.82) is 0 Å². The van der Waals surface area contributed by atoms with E-state index >= 15 is 0 Å². The minimum absolute atomic E-state index is 0.0741. The van der Waals surface area contributed by atoms with E-state index in [1.807, 2.05) is 24.3 Å². The van der Waals surface area contributed by atoms with E-state index in [2.05, 4.69) is 9.97 Å². The lowest BCUT2D eigenvalue weighted by Gasteiger charge is -1.92. The Hall–Kier alpha value is -2.18. The number of imidazole rings is 1. The minimum Gasteiger partial charge on any atom is -0.345 e. The van der Waals surface area contributed by atoms with Gasteiger partial charge in [0.1, 0.15) is 0 Å². The fourth-order valence-corrected chi connectivity index (χ4v) is 1.97. The van der Waals surface area contributed by atoms with Gasteiger partial charge in [-0.1, -0.05) is 30.3 Å². The van der Waals surface area contributed by atoms with E-state index in [4.69, 9.17) is 4.55 Å². The summed E-state index contributed by atoms with van der Waals surface area (Å²) < 4.78 is 29.2. The van der Waals surface area contributed by atoms with Crippen molar-refractivity contribution in [3.8, 4) is 0 Å². The highest BCUT2D eigenvalue weighted by atomic mass is 32.2. The van der Waals surface area contributed by atoms with E-state index in [-0.39, 0.29) is 4.90 Å². The molecule has 2 aromatic carbocycles. The Morgan fingerprint density at radius 1 is 0.947 bits per heavy atom. The van der Waals surface area contributed by atoms with Gasteiger partial charge in [-0.05, 0) is 24.3 Å². The monoisotopic (exact) mass is 276 g/mol. The molecular formula is C13H12N2O3S. The second kappa shape index (κ2) is 5.64. The molecule has 3 aromatic rings. The van der Waals surface area contributed by atoms with E-state index in [1.54, 1.807) is 24.5 Å². The van der Waals surface area contributed by atoms with Crippen LogP contribution in [-0.4, -0.2) is 22.9 Å². The van der Waals surface area contributed by atoms with Crippen molar-refractivity contribution in [1.82, 2.24) is 9.97 Å². The summed E-state index contributed by atoms with van der Waals surface area (Å²) in [6.07, 6.45) is 1.70. The maximum Gasteiger partial charge on any atom is 0.294 e. The highest BCUT2D eigenvalue weighted by molar-refractivity contribution is 7.85. The summed E-state index contributed by atoms with van der Waals surface area (Å²) in [6.45, 7) is 0. The van der Waals surface area contributed by atoms with Crippen LogP contribution in [0.25, 0.3) is 11.0 Å². The normalized spacial score (nSPS) is 10.8. The first-order valence-electron chi connectivity index (χ1n) is 5.48. The molecule has 98 valence electrons. The van der Waals surface area contributed by atoms with Gasteiger partial charge in [-0.2, -0.15) is 8.42 Å². The summed E-state index contributed by atoms with van der Waals surface area (Å²) in [5, 5.41) is 0. The van der Waals surface area contributed by atoms with Crippen LogP contribution >= 0.6 is 0 Å². The number of nitrogens with one attached hydrogen (secondary N) is 1. The lowest BCUT2D eigenvalue weighted by Crippen LogP contribution is -1.96.